The van der Waals surface area contributed by atoms with E-state index in [9.17, 15) is 4.79 Å². The molecule has 2 heterocycles. The maximum Gasteiger partial charge on any atom is 0.289 e. The Kier molecular flexibility index (Phi) is 3.38. The van der Waals surface area contributed by atoms with Crippen LogP contribution in [0.4, 0.5) is 5.69 Å². The second-order valence-electron chi connectivity index (χ2n) is 5.38. The molecule has 0 bridgehead atoms. The van der Waals surface area contributed by atoms with E-state index < -0.39 is 0 Å². The molecule has 0 radical (unpaired) electrons. The topological polar surface area (TPSA) is 59.5 Å². The van der Waals surface area contributed by atoms with E-state index in [1.165, 1.54) is 0 Å². The molecule has 2 unspecified atom stereocenters. The number of rotatable bonds is 1. The fourth-order valence-electron chi connectivity index (χ4n) is 2.67. The van der Waals surface area contributed by atoms with Crippen LogP contribution in [-0.2, 0) is 0 Å². The van der Waals surface area contributed by atoms with E-state index in [0.29, 0.717) is 27.5 Å². The van der Waals surface area contributed by atoms with Gasteiger partial charge in [-0.25, -0.2) is 0 Å². The number of carbonyl (C=O) groups excluding carboxylic acids is 1. The fraction of sp³-hybridized carbons (Fsp3) is 0.400. The fourth-order valence-corrected chi connectivity index (χ4v) is 3.99. The van der Waals surface area contributed by atoms with Crippen molar-refractivity contribution in [2.24, 2.45) is 0 Å². The van der Waals surface area contributed by atoms with Crippen molar-refractivity contribution >= 4 is 34.3 Å². The number of anilines is 1. The van der Waals surface area contributed by atoms with Crippen LogP contribution < -0.4 is 5.73 Å². The van der Waals surface area contributed by atoms with Crippen LogP contribution in [0.1, 0.15) is 24.4 Å². The molecular formula is C15H18N2O2S. The quantitative estimate of drug-likeness (QED) is 0.820. The normalized spacial score (nSPS) is 23.2. The summed E-state index contributed by atoms with van der Waals surface area (Å²) in [7, 11) is 0. The summed E-state index contributed by atoms with van der Waals surface area (Å²) in [4.78, 5) is 14.4. The summed E-state index contributed by atoms with van der Waals surface area (Å²) in [5.41, 5.74) is 7.13. The molecule has 1 amide bonds. The third-order valence-electron chi connectivity index (χ3n) is 3.46. The Balaban J connectivity index is 1.88. The average molecular weight is 290 g/mol. The van der Waals surface area contributed by atoms with Gasteiger partial charge in [-0.05, 0) is 24.3 Å². The first-order valence-corrected chi connectivity index (χ1v) is 7.71. The lowest BCUT2D eigenvalue weighted by Gasteiger charge is -2.34. The molecule has 1 aromatic heterocycles. The number of furan rings is 1. The Labute approximate surface area is 122 Å². The molecule has 106 valence electrons. The Morgan fingerprint density at radius 2 is 2.00 bits per heavy atom. The van der Waals surface area contributed by atoms with Gasteiger partial charge in [0.2, 0.25) is 0 Å². The number of hydrogen-bond acceptors (Lipinski definition) is 4. The summed E-state index contributed by atoms with van der Waals surface area (Å²) in [5, 5.41) is 1.80. The van der Waals surface area contributed by atoms with E-state index in [2.05, 4.69) is 13.8 Å². The lowest BCUT2D eigenvalue weighted by molar-refractivity contribution is 0.0723. The Morgan fingerprint density at radius 3 is 2.70 bits per heavy atom. The third-order valence-corrected chi connectivity index (χ3v) is 4.69. The minimum absolute atomic E-state index is 0.0289. The summed E-state index contributed by atoms with van der Waals surface area (Å²) < 4.78 is 5.65. The van der Waals surface area contributed by atoms with Gasteiger partial charge in [0, 0.05) is 34.7 Å². The predicted octanol–water partition coefficient (Wildman–Crippen LogP) is 2.98. The van der Waals surface area contributed by atoms with Crippen molar-refractivity contribution in [3.8, 4) is 0 Å². The van der Waals surface area contributed by atoms with Crippen molar-refractivity contribution in [2.75, 3.05) is 18.8 Å². The zero-order valence-electron chi connectivity index (χ0n) is 11.6. The zero-order valence-corrected chi connectivity index (χ0v) is 12.4. The van der Waals surface area contributed by atoms with Gasteiger partial charge in [0.25, 0.3) is 5.91 Å². The summed E-state index contributed by atoms with van der Waals surface area (Å²) in [6.07, 6.45) is 0. The molecule has 4 nitrogen and oxygen atoms in total. The minimum atomic E-state index is -0.0289. The van der Waals surface area contributed by atoms with Crippen LogP contribution in [0.3, 0.4) is 0 Å². The Morgan fingerprint density at radius 1 is 1.30 bits per heavy atom. The molecule has 0 spiro atoms. The summed E-state index contributed by atoms with van der Waals surface area (Å²) in [6.45, 7) is 5.85. The van der Waals surface area contributed by atoms with Gasteiger partial charge in [-0.3, -0.25) is 4.79 Å². The van der Waals surface area contributed by atoms with Gasteiger partial charge in [0.05, 0.1) is 0 Å². The molecule has 1 saturated heterocycles. The molecule has 0 saturated carbocycles. The highest BCUT2D eigenvalue weighted by atomic mass is 32.2. The van der Waals surface area contributed by atoms with Crippen LogP contribution in [0.15, 0.2) is 28.7 Å². The van der Waals surface area contributed by atoms with Crippen molar-refractivity contribution in [2.45, 2.75) is 24.3 Å². The number of benzene rings is 1. The maximum atomic E-state index is 12.5. The molecule has 2 atom stereocenters. The van der Waals surface area contributed by atoms with Gasteiger partial charge in [-0.15, -0.1) is 0 Å². The lowest BCUT2D eigenvalue weighted by Crippen LogP contribution is -2.43. The van der Waals surface area contributed by atoms with Crippen LogP contribution in [0.5, 0.6) is 0 Å². The van der Waals surface area contributed by atoms with E-state index in [0.717, 1.165) is 18.5 Å². The molecule has 1 aliphatic rings. The van der Waals surface area contributed by atoms with E-state index in [4.69, 9.17) is 10.2 Å². The predicted molar refractivity (Wildman–Crippen MR) is 83.0 cm³/mol. The van der Waals surface area contributed by atoms with E-state index >= 15 is 0 Å². The first-order valence-electron chi connectivity index (χ1n) is 6.77. The molecule has 2 aromatic rings. The average Bonchev–Trinajstić information content (AvgIpc) is 2.79. The molecule has 1 aliphatic heterocycles. The second kappa shape index (κ2) is 5.05. The summed E-state index contributed by atoms with van der Waals surface area (Å²) in [6, 6.07) is 7.19. The lowest BCUT2D eigenvalue weighted by atomic mass is 10.2. The molecule has 1 fully saturated rings. The maximum absolute atomic E-state index is 12.5. The number of thioether (sulfide) groups is 1. The van der Waals surface area contributed by atoms with Crippen molar-refractivity contribution in [1.29, 1.82) is 0 Å². The largest absolute Gasteiger partial charge is 0.451 e. The van der Waals surface area contributed by atoms with Crippen LogP contribution in [0.25, 0.3) is 11.0 Å². The highest BCUT2D eigenvalue weighted by Crippen LogP contribution is 2.27. The van der Waals surface area contributed by atoms with Gasteiger partial charge in [-0.2, -0.15) is 11.8 Å². The number of amides is 1. The molecule has 2 N–H and O–H groups in total. The van der Waals surface area contributed by atoms with Crippen molar-refractivity contribution in [3.05, 3.63) is 30.0 Å². The van der Waals surface area contributed by atoms with Crippen molar-refractivity contribution in [3.63, 3.8) is 0 Å². The molecule has 3 rings (SSSR count). The second-order valence-corrected chi connectivity index (χ2v) is 7.26. The number of nitrogen functional groups attached to an aromatic ring is 1. The number of fused-ring (bicyclic) bond motifs is 1. The third kappa shape index (κ3) is 2.50. The Bertz CT molecular complexity index is 642. The zero-order chi connectivity index (χ0) is 14.3. The van der Waals surface area contributed by atoms with Gasteiger partial charge in [0.15, 0.2) is 5.76 Å². The smallest absolute Gasteiger partial charge is 0.289 e. The molecule has 5 heteroatoms. The van der Waals surface area contributed by atoms with Crippen LogP contribution in [0.2, 0.25) is 0 Å². The minimum Gasteiger partial charge on any atom is -0.451 e. The number of nitrogens with zero attached hydrogens (tertiary/aromatic N) is 1. The highest BCUT2D eigenvalue weighted by molar-refractivity contribution is 8.00. The van der Waals surface area contributed by atoms with Crippen molar-refractivity contribution < 1.29 is 9.21 Å². The highest BCUT2D eigenvalue weighted by Gasteiger charge is 2.28. The molecule has 20 heavy (non-hydrogen) atoms. The van der Waals surface area contributed by atoms with Crippen LogP contribution >= 0.6 is 11.8 Å². The van der Waals surface area contributed by atoms with Gasteiger partial charge in [0.1, 0.15) is 5.58 Å². The van der Waals surface area contributed by atoms with Crippen LogP contribution in [0, 0.1) is 0 Å². The van der Waals surface area contributed by atoms with Crippen LogP contribution in [-0.4, -0.2) is 34.4 Å². The Hall–Kier alpha value is -1.62. The van der Waals surface area contributed by atoms with E-state index in [1.807, 2.05) is 22.7 Å². The SMILES string of the molecule is CC1CN(C(=O)c2cc3cc(N)ccc3o2)CC(C)S1. The summed E-state index contributed by atoms with van der Waals surface area (Å²) >= 11 is 1.92. The standard InChI is InChI=1S/C15H18N2O2S/c1-9-7-17(8-10(2)20-9)15(18)14-6-11-5-12(16)3-4-13(11)19-14/h3-6,9-10H,7-8,16H2,1-2H3. The first kappa shape index (κ1) is 13.4. The number of hydrogen-bond donors (Lipinski definition) is 1. The number of nitrogens with two attached hydrogens (primary N) is 1. The number of carbonyl (C=O) groups is 1. The molecule has 1 aromatic carbocycles. The summed E-state index contributed by atoms with van der Waals surface area (Å²) in [5.74, 6) is 0.371. The van der Waals surface area contributed by atoms with Crippen molar-refractivity contribution in [1.82, 2.24) is 4.90 Å². The first-order chi connectivity index (χ1) is 9.52. The van der Waals surface area contributed by atoms with E-state index in [1.54, 1.807) is 18.2 Å². The molecule has 0 aliphatic carbocycles. The molecular weight excluding hydrogens is 272 g/mol. The van der Waals surface area contributed by atoms with Gasteiger partial charge >= 0.3 is 0 Å². The van der Waals surface area contributed by atoms with E-state index in [-0.39, 0.29) is 5.91 Å². The monoisotopic (exact) mass is 290 g/mol. The van der Waals surface area contributed by atoms with Gasteiger partial charge in [-0.1, -0.05) is 13.8 Å². The van der Waals surface area contributed by atoms with Gasteiger partial charge < -0.3 is 15.1 Å².